The lowest BCUT2D eigenvalue weighted by atomic mass is 10.0. The lowest BCUT2D eigenvalue weighted by Gasteiger charge is -2.38. The molecule has 1 atom stereocenters. The minimum Gasteiger partial charge on any atom is -0.339 e. The highest BCUT2D eigenvalue weighted by atomic mass is 16.2. The quantitative estimate of drug-likeness (QED) is 0.714. The van der Waals surface area contributed by atoms with Gasteiger partial charge in [-0.15, -0.1) is 0 Å². The zero-order valence-corrected chi connectivity index (χ0v) is 15.4. The first-order valence-corrected chi connectivity index (χ1v) is 9.08. The summed E-state index contributed by atoms with van der Waals surface area (Å²) >= 11 is 0. The maximum atomic E-state index is 12.9. The Kier molecular flexibility index (Phi) is 4.35. The van der Waals surface area contributed by atoms with Crippen molar-refractivity contribution >= 4 is 17.5 Å². The fourth-order valence-corrected chi connectivity index (χ4v) is 3.51. The molecule has 4 rings (SSSR count). The van der Waals surface area contributed by atoms with Crippen LogP contribution in [0.3, 0.4) is 0 Å². The molecule has 1 fully saturated rings. The Morgan fingerprint density at radius 2 is 2.00 bits per heavy atom. The lowest BCUT2D eigenvalue weighted by Crippen LogP contribution is -2.57. The van der Waals surface area contributed by atoms with E-state index in [1.807, 2.05) is 31.3 Å². The van der Waals surface area contributed by atoms with Crippen LogP contribution in [-0.4, -0.2) is 61.9 Å². The number of likely N-dealkylation sites (N-methyl/N-ethyl adjacent to an activating group) is 1. The number of hydrogen-bond acceptors (Lipinski definition) is 4. The van der Waals surface area contributed by atoms with Crippen molar-refractivity contribution < 1.29 is 9.59 Å². The normalized spacial score (nSPS) is 17.6. The Morgan fingerprint density at radius 3 is 2.74 bits per heavy atom. The highest BCUT2D eigenvalue weighted by Gasteiger charge is 2.33. The molecule has 3 heterocycles. The van der Waals surface area contributed by atoms with E-state index in [9.17, 15) is 9.59 Å². The second kappa shape index (κ2) is 6.83. The van der Waals surface area contributed by atoms with Crippen LogP contribution in [0.2, 0.25) is 0 Å². The first kappa shape index (κ1) is 17.2. The van der Waals surface area contributed by atoms with Gasteiger partial charge in [0.1, 0.15) is 6.04 Å². The predicted octanol–water partition coefficient (Wildman–Crippen LogP) is 2.09. The van der Waals surface area contributed by atoms with Crippen LogP contribution in [0.5, 0.6) is 0 Å². The van der Waals surface area contributed by atoms with Crippen LogP contribution in [-0.2, 0) is 4.79 Å². The number of carbonyl (C=O) groups is 2. The summed E-state index contributed by atoms with van der Waals surface area (Å²) in [7, 11) is 0. The van der Waals surface area contributed by atoms with Gasteiger partial charge < -0.3 is 9.80 Å². The van der Waals surface area contributed by atoms with Gasteiger partial charge in [-0.25, -0.2) is 9.50 Å². The second-order valence-corrected chi connectivity index (χ2v) is 6.62. The number of piperazine rings is 1. The van der Waals surface area contributed by atoms with E-state index < -0.39 is 6.04 Å². The average Bonchev–Trinajstić information content (AvgIpc) is 3.14. The first-order valence-electron chi connectivity index (χ1n) is 9.08. The third-order valence-corrected chi connectivity index (χ3v) is 5.11. The van der Waals surface area contributed by atoms with Crippen molar-refractivity contribution in [2.45, 2.75) is 19.9 Å². The molecule has 0 unspecified atom stereocenters. The van der Waals surface area contributed by atoms with Crippen molar-refractivity contribution in [2.75, 3.05) is 19.6 Å². The van der Waals surface area contributed by atoms with Crippen LogP contribution in [0.25, 0.3) is 16.8 Å². The predicted molar refractivity (Wildman–Crippen MR) is 101 cm³/mol. The van der Waals surface area contributed by atoms with Crippen LogP contribution in [0.1, 0.15) is 24.2 Å². The maximum Gasteiger partial charge on any atom is 0.254 e. The number of amides is 2. The Bertz CT molecular complexity index is 995. The molecule has 3 aromatic rings. The third kappa shape index (κ3) is 2.95. The van der Waals surface area contributed by atoms with Crippen molar-refractivity contribution in [3.05, 3.63) is 54.5 Å². The Morgan fingerprint density at radius 1 is 1.22 bits per heavy atom. The number of benzene rings is 1. The molecule has 138 valence electrons. The van der Waals surface area contributed by atoms with E-state index in [0.29, 0.717) is 25.2 Å². The molecule has 1 aliphatic rings. The molecular weight excluding hydrogens is 342 g/mol. The van der Waals surface area contributed by atoms with E-state index in [0.717, 1.165) is 16.8 Å². The molecule has 2 aromatic heterocycles. The number of fused-ring (bicyclic) bond motifs is 1. The molecule has 1 saturated heterocycles. The molecule has 2 amide bonds. The molecule has 7 heteroatoms. The summed E-state index contributed by atoms with van der Waals surface area (Å²) in [5.74, 6) is -0.109. The number of rotatable bonds is 3. The molecular formula is C20H21N5O2. The second-order valence-electron chi connectivity index (χ2n) is 6.62. The summed E-state index contributed by atoms with van der Waals surface area (Å²) in [6.07, 6.45) is 5.34. The summed E-state index contributed by atoms with van der Waals surface area (Å²) < 4.78 is 1.72. The third-order valence-electron chi connectivity index (χ3n) is 5.11. The molecule has 1 aliphatic heterocycles. The van der Waals surface area contributed by atoms with Gasteiger partial charge in [0.15, 0.2) is 5.65 Å². The van der Waals surface area contributed by atoms with Gasteiger partial charge >= 0.3 is 0 Å². The van der Waals surface area contributed by atoms with Gasteiger partial charge in [0.25, 0.3) is 5.91 Å². The van der Waals surface area contributed by atoms with Crippen molar-refractivity contribution in [2.24, 2.45) is 0 Å². The van der Waals surface area contributed by atoms with Crippen molar-refractivity contribution in [1.29, 1.82) is 0 Å². The van der Waals surface area contributed by atoms with Crippen molar-refractivity contribution in [1.82, 2.24) is 24.4 Å². The number of nitrogens with zero attached hydrogens (tertiary/aromatic N) is 5. The van der Waals surface area contributed by atoms with Gasteiger partial charge in [-0.05, 0) is 37.6 Å². The van der Waals surface area contributed by atoms with E-state index >= 15 is 0 Å². The Balaban J connectivity index is 1.57. The van der Waals surface area contributed by atoms with E-state index in [-0.39, 0.29) is 11.8 Å². The monoisotopic (exact) mass is 363 g/mol. The topological polar surface area (TPSA) is 70.8 Å². The summed E-state index contributed by atoms with van der Waals surface area (Å²) in [4.78, 5) is 33.0. The minimum absolute atomic E-state index is 0.00569. The Hall–Kier alpha value is -3.22. The number of carbonyl (C=O) groups excluding carboxylic acids is 2. The highest BCUT2D eigenvalue weighted by molar-refractivity contribution is 5.98. The van der Waals surface area contributed by atoms with Gasteiger partial charge in [-0.2, -0.15) is 5.10 Å². The molecule has 0 aliphatic carbocycles. The molecule has 7 nitrogen and oxygen atoms in total. The van der Waals surface area contributed by atoms with Crippen LogP contribution in [0.15, 0.2) is 48.9 Å². The van der Waals surface area contributed by atoms with Crippen LogP contribution in [0, 0.1) is 0 Å². The largest absolute Gasteiger partial charge is 0.339 e. The standard InChI is InChI=1S/C20H21N5O2/c1-3-23-11-12-24(14(2)19(23)26)20(27)16-7-5-15(6-8-16)17-13-22-25-10-4-9-21-18(17)25/h4-10,13-14H,3,11-12H2,1-2H3/t14-/m0/s1. The summed E-state index contributed by atoms with van der Waals surface area (Å²) in [5, 5.41) is 4.30. The van der Waals surface area contributed by atoms with Crippen LogP contribution in [0.4, 0.5) is 0 Å². The highest BCUT2D eigenvalue weighted by Crippen LogP contribution is 2.24. The Labute approximate surface area is 157 Å². The summed E-state index contributed by atoms with van der Waals surface area (Å²) in [5.41, 5.74) is 3.20. The average molecular weight is 363 g/mol. The van der Waals surface area contributed by atoms with Gasteiger partial charge in [-0.1, -0.05) is 12.1 Å². The molecule has 0 radical (unpaired) electrons. The number of aromatic nitrogens is 3. The minimum atomic E-state index is -0.435. The summed E-state index contributed by atoms with van der Waals surface area (Å²) in [6.45, 7) is 5.56. The van der Waals surface area contributed by atoms with Gasteiger partial charge in [-0.3, -0.25) is 9.59 Å². The zero-order valence-electron chi connectivity index (χ0n) is 15.4. The van der Waals surface area contributed by atoms with Crippen LogP contribution >= 0.6 is 0 Å². The van der Waals surface area contributed by atoms with Gasteiger partial charge in [0.2, 0.25) is 5.91 Å². The number of hydrogen-bond donors (Lipinski definition) is 0. The summed E-state index contributed by atoms with van der Waals surface area (Å²) in [6, 6.07) is 8.78. The molecule has 1 aromatic carbocycles. The fourth-order valence-electron chi connectivity index (χ4n) is 3.51. The van der Waals surface area contributed by atoms with Gasteiger partial charge in [0.05, 0.1) is 6.20 Å². The fraction of sp³-hybridized carbons (Fsp3) is 0.300. The molecule has 0 bridgehead atoms. The van der Waals surface area contributed by atoms with Gasteiger partial charge in [0, 0.05) is 43.2 Å². The van der Waals surface area contributed by atoms with E-state index in [1.165, 1.54) is 0 Å². The molecule has 0 saturated carbocycles. The van der Waals surface area contributed by atoms with E-state index in [1.54, 1.807) is 45.8 Å². The molecule has 0 spiro atoms. The van der Waals surface area contributed by atoms with Crippen LogP contribution < -0.4 is 0 Å². The molecule has 0 N–H and O–H groups in total. The smallest absolute Gasteiger partial charge is 0.254 e. The lowest BCUT2D eigenvalue weighted by molar-refractivity contribution is -0.139. The van der Waals surface area contributed by atoms with Crippen molar-refractivity contribution in [3.8, 4) is 11.1 Å². The van der Waals surface area contributed by atoms with E-state index in [4.69, 9.17) is 0 Å². The maximum absolute atomic E-state index is 12.9. The molecule has 27 heavy (non-hydrogen) atoms. The first-order chi connectivity index (χ1) is 13.1. The zero-order chi connectivity index (χ0) is 19.0. The SMILES string of the molecule is CCN1CCN(C(=O)c2ccc(-c3cnn4cccnc34)cc2)[C@@H](C)C1=O. The van der Waals surface area contributed by atoms with Crippen molar-refractivity contribution in [3.63, 3.8) is 0 Å². The van der Waals surface area contributed by atoms with E-state index in [2.05, 4.69) is 10.1 Å².